The predicted octanol–water partition coefficient (Wildman–Crippen LogP) is 2.29. The average molecular weight is 250 g/mol. The van der Waals surface area contributed by atoms with E-state index in [1.807, 2.05) is 18.2 Å². The maximum absolute atomic E-state index is 5.58. The molecule has 2 N–H and O–H groups in total. The van der Waals surface area contributed by atoms with Gasteiger partial charge in [0.15, 0.2) is 0 Å². The van der Waals surface area contributed by atoms with Crippen LogP contribution in [0.2, 0.25) is 0 Å². The van der Waals surface area contributed by atoms with E-state index in [-0.39, 0.29) is 0 Å². The van der Waals surface area contributed by atoms with Gasteiger partial charge >= 0.3 is 0 Å². The highest BCUT2D eigenvalue weighted by atomic mass is 32.1. The van der Waals surface area contributed by atoms with Crippen LogP contribution in [0.15, 0.2) is 24.4 Å². The molecule has 0 amide bonds. The molecule has 0 atom stereocenters. The number of benzene rings is 1. The smallest absolute Gasteiger partial charge is 0.132 e. The normalized spacial score (nSPS) is 10.3. The number of rotatable bonds is 4. The molecule has 0 aliphatic rings. The molecule has 0 saturated carbocycles. The van der Waals surface area contributed by atoms with E-state index >= 15 is 0 Å². The molecule has 1 aromatic carbocycles. The maximum atomic E-state index is 5.58. The zero-order valence-corrected chi connectivity index (χ0v) is 10.6. The van der Waals surface area contributed by atoms with Crippen LogP contribution >= 0.6 is 11.3 Å². The number of hydrogen-bond donors (Lipinski definition) is 1. The first-order valence-electron chi connectivity index (χ1n) is 5.15. The van der Waals surface area contributed by atoms with Crippen LogP contribution in [0.3, 0.4) is 0 Å². The Kier molecular flexibility index (Phi) is 3.61. The molecule has 0 aliphatic carbocycles. The third-order valence-electron chi connectivity index (χ3n) is 2.39. The van der Waals surface area contributed by atoms with Gasteiger partial charge in [-0.25, -0.2) is 4.98 Å². The van der Waals surface area contributed by atoms with E-state index in [4.69, 9.17) is 15.2 Å². The van der Waals surface area contributed by atoms with Gasteiger partial charge in [0, 0.05) is 23.7 Å². The molecule has 0 aliphatic heterocycles. The van der Waals surface area contributed by atoms with Gasteiger partial charge in [-0.15, -0.1) is 11.3 Å². The topological polar surface area (TPSA) is 57.4 Å². The third kappa shape index (κ3) is 2.40. The highest BCUT2D eigenvalue weighted by molar-refractivity contribution is 7.15. The summed E-state index contributed by atoms with van der Waals surface area (Å²) >= 11 is 1.57. The van der Waals surface area contributed by atoms with Crippen LogP contribution in [0.4, 0.5) is 0 Å². The second-order valence-corrected chi connectivity index (χ2v) is 4.52. The van der Waals surface area contributed by atoms with Crippen LogP contribution in [-0.2, 0) is 6.54 Å². The highest BCUT2D eigenvalue weighted by Gasteiger charge is 2.10. The quantitative estimate of drug-likeness (QED) is 0.904. The lowest BCUT2D eigenvalue weighted by atomic mass is 10.2. The van der Waals surface area contributed by atoms with E-state index in [9.17, 15) is 0 Å². The van der Waals surface area contributed by atoms with Crippen LogP contribution in [0.1, 0.15) is 4.88 Å². The molecule has 2 aromatic rings. The van der Waals surface area contributed by atoms with E-state index in [0.29, 0.717) is 6.54 Å². The molecule has 1 aromatic heterocycles. The molecule has 2 rings (SSSR count). The molecule has 17 heavy (non-hydrogen) atoms. The number of nitrogens with two attached hydrogens (primary N) is 1. The van der Waals surface area contributed by atoms with Crippen molar-refractivity contribution in [3.05, 3.63) is 29.3 Å². The summed E-state index contributed by atoms with van der Waals surface area (Å²) < 4.78 is 10.5. The SMILES string of the molecule is COc1ccc(-c2ncc(CN)s2)c(OC)c1. The first-order valence-corrected chi connectivity index (χ1v) is 5.97. The van der Waals surface area contributed by atoms with E-state index < -0.39 is 0 Å². The molecular weight excluding hydrogens is 236 g/mol. The number of nitrogens with zero attached hydrogens (tertiary/aromatic N) is 1. The number of ether oxygens (including phenoxy) is 2. The lowest BCUT2D eigenvalue weighted by Gasteiger charge is -2.08. The first kappa shape index (κ1) is 11.9. The molecule has 0 radical (unpaired) electrons. The summed E-state index contributed by atoms with van der Waals surface area (Å²) in [6, 6.07) is 5.68. The van der Waals surface area contributed by atoms with Crippen LogP contribution in [-0.4, -0.2) is 19.2 Å². The van der Waals surface area contributed by atoms with Crippen LogP contribution in [0.25, 0.3) is 10.6 Å². The number of hydrogen-bond acceptors (Lipinski definition) is 5. The third-order valence-corrected chi connectivity index (χ3v) is 3.45. The van der Waals surface area contributed by atoms with Crippen molar-refractivity contribution in [3.63, 3.8) is 0 Å². The molecular formula is C12H14N2O2S. The van der Waals surface area contributed by atoms with Gasteiger partial charge in [0.1, 0.15) is 16.5 Å². The minimum absolute atomic E-state index is 0.510. The van der Waals surface area contributed by atoms with Gasteiger partial charge in [-0.3, -0.25) is 0 Å². The van der Waals surface area contributed by atoms with Crippen molar-refractivity contribution >= 4 is 11.3 Å². The van der Waals surface area contributed by atoms with Gasteiger partial charge in [0.25, 0.3) is 0 Å². The Hall–Kier alpha value is -1.59. The first-order chi connectivity index (χ1) is 8.28. The van der Waals surface area contributed by atoms with Gasteiger partial charge in [-0.2, -0.15) is 0 Å². The second kappa shape index (κ2) is 5.16. The Morgan fingerprint density at radius 1 is 1.29 bits per heavy atom. The van der Waals surface area contributed by atoms with Crippen molar-refractivity contribution in [2.75, 3.05) is 14.2 Å². The van der Waals surface area contributed by atoms with Crippen molar-refractivity contribution in [1.82, 2.24) is 4.98 Å². The molecule has 0 unspecified atom stereocenters. The largest absolute Gasteiger partial charge is 0.497 e. The van der Waals surface area contributed by atoms with Crippen molar-refractivity contribution in [1.29, 1.82) is 0 Å². The standard InChI is InChI=1S/C12H14N2O2S/c1-15-8-3-4-10(11(5-8)16-2)12-14-7-9(6-13)17-12/h3-5,7H,6,13H2,1-2H3. The highest BCUT2D eigenvalue weighted by Crippen LogP contribution is 2.35. The summed E-state index contributed by atoms with van der Waals surface area (Å²) in [5, 5.41) is 0.907. The summed E-state index contributed by atoms with van der Waals surface area (Å²) in [6.07, 6.45) is 1.80. The van der Waals surface area contributed by atoms with Crippen molar-refractivity contribution in [2.45, 2.75) is 6.54 Å². The Bertz CT molecular complexity index is 511. The van der Waals surface area contributed by atoms with E-state index in [0.717, 1.165) is 26.9 Å². The Labute approximate surface area is 104 Å². The van der Waals surface area contributed by atoms with Gasteiger partial charge in [0.05, 0.1) is 19.8 Å². The second-order valence-electron chi connectivity index (χ2n) is 3.40. The molecule has 0 bridgehead atoms. The van der Waals surface area contributed by atoms with Crippen LogP contribution in [0.5, 0.6) is 11.5 Å². The van der Waals surface area contributed by atoms with Crippen LogP contribution < -0.4 is 15.2 Å². The summed E-state index contributed by atoms with van der Waals surface area (Å²) in [6.45, 7) is 0.510. The number of aromatic nitrogens is 1. The van der Waals surface area contributed by atoms with Crippen molar-refractivity contribution < 1.29 is 9.47 Å². The Morgan fingerprint density at radius 2 is 2.12 bits per heavy atom. The zero-order chi connectivity index (χ0) is 12.3. The van der Waals surface area contributed by atoms with Gasteiger partial charge in [-0.1, -0.05) is 0 Å². The van der Waals surface area contributed by atoms with Gasteiger partial charge in [0.2, 0.25) is 0 Å². The molecule has 0 saturated heterocycles. The van der Waals surface area contributed by atoms with Crippen molar-refractivity contribution in [3.8, 4) is 22.1 Å². The molecule has 0 spiro atoms. The summed E-state index contributed by atoms with van der Waals surface area (Å²) in [5.74, 6) is 1.52. The van der Waals surface area contributed by atoms with E-state index in [1.54, 1.807) is 31.8 Å². The van der Waals surface area contributed by atoms with Gasteiger partial charge < -0.3 is 15.2 Å². The minimum Gasteiger partial charge on any atom is -0.497 e. The van der Waals surface area contributed by atoms with Crippen molar-refractivity contribution in [2.24, 2.45) is 5.73 Å². The fourth-order valence-electron chi connectivity index (χ4n) is 1.50. The summed E-state index contributed by atoms with van der Waals surface area (Å²) in [4.78, 5) is 5.39. The molecule has 1 heterocycles. The zero-order valence-electron chi connectivity index (χ0n) is 9.77. The average Bonchev–Trinajstić information content (AvgIpc) is 2.86. The number of thiazole rings is 1. The lowest BCUT2D eigenvalue weighted by Crippen LogP contribution is -1.91. The molecule has 0 fully saturated rings. The Balaban J connectivity index is 2.43. The predicted molar refractivity (Wildman–Crippen MR) is 68.5 cm³/mol. The molecule has 4 nitrogen and oxygen atoms in total. The summed E-state index contributed by atoms with van der Waals surface area (Å²) in [7, 11) is 3.26. The van der Waals surface area contributed by atoms with E-state index in [1.165, 1.54) is 0 Å². The van der Waals surface area contributed by atoms with Gasteiger partial charge in [-0.05, 0) is 12.1 Å². The maximum Gasteiger partial charge on any atom is 0.132 e. The Morgan fingerprint density at radius 3 is 2.71 bits per heavy atom. The monoisotopic (exact) mass is 250 g/mol. The van der Waals surface area contributed by atoms with E-state index in [2.05, 4.69) is 4.98 Å². The number of methoxy groups -OCH3 is 2. The van der Waals surface area contributed by atoms with Crippen LogP contribution in [0, 0.1) is 0 Å². The summed E-state index contributed by atoms with van der Waals surface area (Å²) in [5.41, 5.74) is 6.53. The fraction of sp³-hybridized carbons (Fsp3) is 0.250. The lowest BCUT2D eigenvalue weighted by molar-refractivity contribution is 0.395. The fourth-order valence-corrected chi connectivity index (χ4v) is 2.32. The molecule has 5 heteroatoms. The minimum atomic E-state index is 0.510. The molecule has 90 valence electrons.